The summed E-state index contributed by atoms with van der Waals surface area (Å²) >= 11 is 6.92. The molecule has 1 nitrogen and oxygen atoms in total. The lowest BCUT2D eigenvalue weighted by molar-refractivity contribution is 0.291. The van der Waals surface area contributed by atoms with Gasteiger partial charge < -0.3 is 4.74 Å². The summed E-state index contributed by atoms with van der Waals surface area (Å²) in [7, 11) is 0. The van der Waals surface area contributed by atoms with Crippen LogP contribution in [0.15, 0.2) is 18.2 Å². The van der Waals surface area contributed by atoms with Gasteiger partial charge in [0.15, 0.2) is 0 Å². The summed E-state index contributed by atoms with van der Waals surface area (Å²) in [5.74, 6) is 5.71. The van der Waals surface area contributed by atoms with Crippen LogP contribution in [0.1, 0.15) is 49.6 Å². The second-order valence-electron chi connectivity index (χ2n) is 8.40. The van der Waals surface area contributed by atoms with E-state index in [2.05, 4.69) is 32.0 Å². The monoisotopic (exact) mass is 302 g/mol. The third kappa shape index (κ3) is 1.64. The second-order valence-corrected chi connectivity index (χ2v) is 8.87. The van der Waals surface area contributed by atoms with Gasteiger partial charge in [0, 0.05) is 11.0 Å². The summed E-state index contributed by atoms with van der Waals surface area (Å²) in [5.41, 5.74) is 2.80. The fraction of sp³-hybridized carbons (Fsp3) is 0.684. The highest BCUT2D eigenvalue weighted by Gasteiger charge is 2.66. The number of hydrogen-bond acceptors (Lipinski definition) is 1. The van der Waals surface area contributed by atoms with Crippen LogP contribution in [0.2, 0.25) is 0 Å². The Kier molecular flexibility index (Phi) is 2.43. The van der Waals surface area contributed by atoms with Gasteiger partial charge in [0.25, 0.3) is 0 Å². The molecule has 0 spiro atoms. The van der Waals surface area contributed by atoms with E-state index in [4.69, 9.17) is 16.3 Å². The van der Waals surface area contributed by atoms with E-state index in [9.17, 15) is 0 Å². The van der Waals surface area contributed by atoms with Crippen molar-refractivity contribution in [2.45, 2.75) is 43.9 Å². The molecular weight excluding hydrogens is 280 g/mol. The van der Waals surface area contributed by atoms with Crippen molar-refractivity contribution < 1.29 is 4.74 Å². The standard InChI is InChI=1S/C19H23ClO/c1-19(2)9-21-14-6-5-12(8-13(14)19)18(20)17-15-10-3-4-11(7-10)16(15)17/h5-6,8,10-11,15-18H,3-4,7,9H2,1-2H3. The van der Waals surface area contributed by atoms with Crippen LogP contribution in [0.4, 0.5) is 0 Å². The first kappa shape index (κ1) is 12.8. The SMILES string of the molecule is CC1(C)COc2ccc(C(Cl)C3C4C5CCC(C5)C43)cc21. The summed E-state index contributed by atoms with van der Waals surface area (Å²) in [4.78, 5) is 0. The molecule has 2 heteroatoms. The molecule has 0 amide bonds. The maximum absolute atomic E-state index is 6.92. The molecule has 1 heterocycles. The maximum Gasteiger partial charge on any atom is 0.123 e. The minimum absolute atomic E-state index is 0.125. The van der Waals surface area contributed by atoms with E-state index >= 15 is 0 Å². The van der Waals surface area contributed by atoms with E-state index in [0.29, 0.717) is 0 Å². The lowest BCUT2D eigenvalue weighted by Crippen LogP contribution is -2.18. The van der Waals surface area contributed by atoms with Gasteiger partial charge in [-0.2, -0.15) is 0 Å². The van der Waals surface area contributed by atoms with E-state index in [1.165, 1.54) is 30.4 Å². The summed E-state index contributed by atoms with van der Waals surface area (Å²) < 4.78 is 5.80. The Morgan fingerprint density at radius 3 is 2.62 bits per heavy atom. The molecule has 1 aromatic rings. The molecule has 5 unspecified atom stereocenters. The van der Waals surface area contributed by atoms with Gasteiger partial charge in [-0.25, -0.2) is 0 Å². The van der Waals surface area contributed by atoms with Gasteiger partial charge in [0.05, 0.1) is 12.0 Å². The number of benzene rings is 1. The Labute approximate surface area is 132 Å². The lowest BCUT2D eigenvalue weighted by atomic mass is 9.85. The Hall–Kier alpha value is -0.690. The number of rotatable bonds is 2. The van der Waals surface area contributed by atoms with E-state index < -0.39 is 0 Å². The van der Waals surface area contributed by atoms with Crippen LogP contribution < -0.4 is 4.74 Å². The van der Waals surface area contributed by atoms with Crippen molar-refractivity contribution in [3.63, 3.8) is 0 Å². The highest BCUT2D eigenvalue weighted by molar-refractivity contribution is 6.21. The second kappa shape index (κ2) is 3.98. The zero-order chi connectivity index (χ0) is 14.4. The molecule has 0 N–H and O–H groups in total. The van der Waals surface area contributed by atoms with E-state index in [0.717, 1.165) is 41.9 Å². The molecule has 0 aromatic heterocycles. The molecule has 21 heavy (non-hydrogen) atoms. The topological polar surface area (TPSA) is 9.23 Å². The molecule has 2 bridgehead atoms. The largest absolute Gasteiger partial charge is 0.492 e. The molecule has 3 fully saturated rings. The molecule has 5 atom stereocenters. The van der Waals surface area contributed by atoms with Crippen LogP contribution in [0.25, 0.3) is 0 Å². The van der Waals surface area contributed by atoms with Crippen LogP contribution in [-0.4, -0.2) is 6.61 Å². The minimum Gasteiger partial charge on any atom is -0.492 e. The first-order valence-corrected chi connectivity index (χ1v) is 8.91. The van der Waals surface area contributed by atoms with Gasteiger partial charge >= 0.3 is 0 Å². The van der Waals surface area contributed by atoms with Gasteiger partial charge in [-0.3, -0.25) is 0 Å². The predicted octanol–water partition coefficient (Wildman–Crippen LogP) is 4.93. The predicted molar refractivity (Wildman–Crippen MR) is 84.9 cm³/mol. The van der Waals surface area contributed by atoms with Gasteiger partial charge in [-0.05, 0) is 66.5 Å². The zero-order valence-corrected chi connectivity index (χ0v) is 13.6. The normalized spacial score (nSPS) is 42.3. The van der Waals surface area contributed by atoms with Crippen molar-refractivity contribution in [2.24, 2.45) is 29.6 Å². The third-order valence-electron chi connectivity index (χ3n) is 6.77. The van der Waals surface area contributed by atoms with Crippen molar-refractivity contribution in [2.75, 3.05) is 6.61 Å². The average molecular weight is 303 g/mol. The lowest BCUT2D eigenvalue weighted by Gasteiger charge is -2.19. The molecule has 5 rings (SSSR count). The Morgan fingerprint density at radius 2 is 1.90 bits per heavy atom. The fourth-order valence-corrected chi connectivity index (χ4v) is 6.19. The summed E-state index contributed by atoms with van der Waals surface area (Å²) in [6.45, 7) is 5.31. The van der Waals surface area contributed by atoms with Crippen LogP contribution in [-0.2, 0) is 5.41 Å². The Balaban J connectivity index is 1.44. The van der Waals surface area contributed by atoms with Crippen LogP contribution >= 0.6 is 11.6 Å². The van der Waals surface area contributed by atoms with Gasteiger partial charge in [0.2, 0.25) is 0 Å². The highest BCUT2D eigenvalue weighted by atomic mass is 35.5. The minimum atomic E-state index is 0.125. The molecule has 3 aliphatic carbocycles. The molecule has 0 radical (unpaired) electrons. The number of halogens is 1. The highest BCUT2D eigenvalue weighted by Crippen LogP contribution is 2.73. The van der Waals surface area contributed by atoms with E-state index in [1.54, 1.807) is 0 Å². The Morgan fingerprint density at radius 1 is 1.19 bits per heavy atom. The van der Waals surface area contributed by atoms with Crippen molar-refractivity contribution in [1.82, 2.24) is 0 Å². The quantitative estimate of drug-likeness (QED) is 0.704. The first-order chi connectivity index (χ1) is 10.1. The van der Waals surface area contributed by atoms with Gasteiger partial charge in [-0.15, -0.1) is 11.6 Å². The molecule has 112 valence electrons. The van der Waals surface area contributed by atoms with E-state index in [-0.39, 0.29) is 10.8 Å². The molecule has 4 aliphatic rings. The van der Waals surface area contributed by atoms with Crippen molar-refractivity contribution in [1.29, 1.82) is 0 Å². The average Bonchev–Trinajstić information content (AvgIpc) is 2.77. The van der Waals surface area contributed by atoms with Crippen molar-refractivity contribution >= 4 is 11.6 Å². The molecule has 0 saturated heterocycles. The van der Waals surface area contributed by atoms with Gasteiger partial charge in [0.1, 0.15) is 5.75 Å². The van der Waals surface area contributed by atoms with Crippen LogP contribution in [0.3, 0.4) is 0 Å². The van der Waals surface area contributed by atoms with Crippen LogP contribution in [0, 0.1) is 29.6 Å². The molecule has 3 saturated carbocycles. The summed E-state index contributed by atoms with van der Waals surface area (Å²) in [6.07, 6.45) is 4.44. The number of ether oxygens (including phenoxy) is 1. The molecule has 1 aliphatic heterocycles. The Bertz CT molecular complexity index is 592. The fourth-order valence-electron chi connectivity index (χ4n) is 5.72. The number of alkyl halides is 1. The number of hydrogen-bond donors (Lipinski definition) is 0. The maximum atomic E-state index is 6.92. The number of fused-ring (bicyclic) bond motifs is 6. The zero-order valence-electron chi connectivity index (χ0n) is 12.8. The first-order valence-electron chi connectivity index (χ1n) is 8.47. The summed E-state index contributed by atoms with van der Waals surface area (Å²) in [6, 6.07) is 6.67. The molecule has 1 aromatic carbocycles. The van der Waals surface area contributed by atoms with Crippen LogP contribution in [0.5, 0.6) is 5.75 Å². The smallest absolute Gasteiger partial charge is 0.123 e. The molecular formula is C19H23ClO. The summed E-state index contributed by atoms with van der Waals surface area (Å²) in [5, 5.41) is 0.213. The third-order valence-corrected chi connectivity index (χ3v) is 7.32. The van der Waals surface area contributed by atoms with E-state index in [1.807, 2.05) is 0 Å². The van der Waals surface area contributed by atoms with Crippen molar-refractivity contribution in [3.05, 3.63) is 29.3 Å². The van der Waals surface area contributed by atoms with Crippen molar-refractivity contribution in [3.8, 4) is 5.75 Å². The van der Waals surface area contributed by atoms with Gasteiger partial charge in [-0.1, -0.05) is 19.9 Å².